The van der Waals surface area contributed by atoms with E-state index in [2.05, 4.69) is 34.1 Å². The highest BCUT2D eigenvalue weighted by Gasteiger charge is 2.35. The predicted octanol–water partition coefficient (Wildman–Crippen LogP) is -0.215. The Labute approximate surface area is 143 Å². The molecule has 0 unspecified atom stereocenters. The zero-order valence-corrected chi connectivity index (χ0v) is 15.4. The van der Waals surface area contributed by atoms with Crippen molar-refractivity contribution in [1.82, 2.24) is 25.0 Å². The lowest BCUT2D eigenvalue weighted by Gasteiger charge is -2.23. The van der Waals surface area contributed by atoms with E-state index in [9.17, 15) is 13.2 Å². The van der Waals surface area contributed by atoms with Crippen molar-refractivity contribution in [2.24, 2.45) is 11.8 Å². The van der Waals surface area contributed by atoms with E-state index in [-0.39, 0.29) is 17.7 Å². The zero-order valence-electron chi connectivity index (χ0n) is 14.6. The fourth-order valence-corrected chi connectivity index (χ4v) is 3.65. The van der Waals surface area contributed by atoms with Gasteiger partial charge in [-0.05, 0) is 11.8 Å². The van der Waals surface area contributed by atoms with Crippen molar-refractivity contribution in [3.63, 3.8) is 0 Å². The summed E-state index contributed by atoms with van der Waals surface area (Å²) in [7, 11) is -2.97. The van der Waals surface area contributed by atoms with Gasteiger partial charge in [-0.3, -0.25) is 14.4 Å². The standard InChI is InChI=1S/C15H27N5O3S/c1-12(2)13-8-19(6-7-24(3,22)23)9-14(13)18-15(21)4-5-20-11-16-10-17-20/h10-14H,4-9H2,1-3H3,(H,18,21)/t13-,14+/m0/s1. The highest BCUT2D eigenvalue weighted by atomic mass is 32.2. The van der Waals surface area contributed by atoms with Gasteiger partial charge in [0.05, 0.1) is 12.3 Å². The predicted molar refractivity (Wildman–Crippen MR) is 91.0 cm³/mol. The number of carbonyl (C=O) groups is 1. The van der Waals surface area contributed by atoms with E-state index in [4.69, 9.17) is 0 Å². The van der Waals surface area contributed by atoms with E-state index < -0.39 is 9.84 Å². The molecular weight excluding hydrogens is 330 g/mol. The minimum atomic E-state index is -2.97. The summed E-state index contributed by atoms with van der Waals surface area (Å²) in [5.74, 6) is 0.907. The Morgan fingerprint density at radius 1 is 1.33 bits per heavy atom. The monoisotopic (exact) mass is 357 g/mol. The van der Waals surface area contributed by atoms with Gasteiger partial charge in [0, 0.05) is 38.4 Å². The summed E-state index contributed by atoms with van der Waals surface area (Å²) < 4.78 is 24.3. The summed E-state index contributed by atoms with van der Waals surface area (Å²) >= 11 is 0. The number of rotatable bonds is 8. The molecular formula is C15H27N5O3S. The molecule has 24 heavy (non-hydrogen) atoms. The van der Waals surface area contributed by atoms with Crippen LogP contribution in [0.25, 0.3) is 0 Å². The van der Waals surface area contributed by atoms with Crippen molar-refractivity contribution in [3.05, 3.63) is 12.7 Å². The van der Waals surface area contributed by atoms with Crippen LogP contribution in [0.1, 0.15) is 20.3 Å². The molecule has 1 aliphatic heterocycles. The third-order valence-corrected chi connectivity index (χ3v) is 5.38. The third kappa shape index (κ3) is 5.86. The van der Waals surface area contributed by atoms with Crippen molar-refractivity contribution in [3.8, 4) is 0 Å². The van der Waals surface area contributed by atoms with Gasteiger partial charge in [0.15, 0.2) is 0 Å². The molecule has 1 amide bonds. The average Bonchev–Trinajstić information content (AvgIpc) is 3.11. The number of likely N-dealkylation sites (tertiary alicyclic amines) is 1. The molecule has 2 atom stereocenters. The maximum absolute atomic E-state index is 12.2. The number of aryl methyl sites for hydroxylation is 1. The molecule has 1 N–H and O–H groups in total. The van der Waals surface area contributed by atoms with Crippen LogP contribution < -0.4 is 5.32 Å². The summed E-state index contributed by atoms with van der Waals surface area (Å²) in [6.45, 7) is 6.82. The first-order chi connectivity index (χ1) is 11.2. The van der Waals surface area contributed by atoms with Gasteiger partial charge in [-0.25, -0.2) is 13.4 Å². The van der Waals surface area contributed by atoms with Crippen LogP contribution in [-0.4, -0.2) is 71.7 Å². The van der Waals surface area contributed by atoms with Crippen molar-refractivity contribution in [1.29, 1.82) is 0 Å². The minimum absolute atomic E-state index is 0.00823. The van der Waals surface area contributed by atoms with Crippen LogP contribution >= 0.6 is 0 Å². The Hall–Kier alpha value is -1.48. The molecule has 9 heteroatoms. The number of hydrogen-bond donors (Lipinski definition) is 1. The van der Waals surface area contributed by atoms with E-state index in [0.29, 0.717) is 37.9 Å². The zero-order chi connectivity index (χ0) is 17.7. The SMILES string of the molecule is CC(C)[C@@H]1CN(CCS(C)(=O)=O)C[C@H]1NC(=O)CCn1cncn1. The van der Waals surface area contributed by atoms with E-state index in [1.165, 1.54) is 12.6 Å². The fourth-order valence-electron chi connectivity index (χ4n) is 3.06. The van der Waals surface area contributed by atoms with Crippen molar-refractivity contribution >= 4 is 15.7 Å². The van der Waals surface area contributed by atoms with Gasteiger partial charge in [0.2, 0.25) is 5.91 Å². The largest absolute Gasteiger partial charge is 0.352 e. The normalized spacial score (nSPS) is 22.2. The third-order valence-electron chi connectivity index (χ3n) is 4.46. The molecule has 1 fully saturated rings. The van der Waals surface area contributed by atoms with Gasteiger partial charge in [0.25, 0.3) is 0 Å². The van der Waals surface area contributed by atoms with Crippen LogP contribution in [0.4, 0.5) is 0 Å². The summed E-state index contributed by atoms with van der Waals surface area (Å²) in [5.41, 5.74) is 0. The van der Waals surface area contributed by atoms with Gasteiger partial charge in [0.1, 0.15) is 22.5 Å². The van der Waals surface area contributed by atoms with Gasteiger partial charge in [-0.1, -0.05) is 13.8 Å². The van der Waals surface area contributed by atoms with Crippen LogP contribution in [0.15, 0.2) is 12.7 Å². The molecule has 136 valence electrons. The summed E-state index contributed by atoms with van der Waals surface area (Å²) in [6.07, 6.45) is 4.65. The number of carbonyl (C=O) groups excluding carboxylic acids is 1. The minimum Gasteiger partial charge on any atom is -0.352 e. The van der Waals surface area contributed by atoms with Gasteiger partial charge >= 0.3 is 0 Å². The molecule has 0 radical (unpaired) electrons. The fraction of sp³-hybridized carbons (Fsp3) is 0.800. The molecule has 0 saturated carbocycles. The Balaban J connectivity index is 1.85. The van der Waals surface area contributed by atoms with Crippen molar-refractivity contribution in [2.45, 2.75) is 32.9 Å². The first-order valence-corrected chi connectivity index (χ1v) is 10.3. The number of amides is 1. The Morgan fingerprint density at radius 2 is 2.08 bits per heavy atom. The van der Waals surface area contributed by atoms with E-state index in [1.807, 2.05) is 0 Å². The molecule has 1 aromatic rings. The molecule has 0 bridgehead atoms. The highest BCUT2D eigenvalue weighted by molar-refractivity contribution is 7.90. The molecule has 2 rings (SSSR count). The van der Waals surface area contributed by atoms with Gasteiger partial charge in [-0.15, -0.1) is 0 Å². The quantitative estimate of drug-likeness (QED) is 0.691. The molecule has 8 nitrogen and oxygen atoms in total. The van der Waals surface area contributed by atoms with Crippen molar-refractivity contribution < 1.29 is 13.2 Å². The Bertz CT molecular complexity index is 630. The average molecular weight is 357 g/mol. The lowest BCUT2D eigenvalue weighted by atomic mass is 9.91. The second-order valence-electron chi connectivity index (χ2n) is 6.88. The van der Waals surface area contributed by atoms with Gasteiger partial charge in [-0.2, -0.15) is 5.10 Å². The van der Waals surface area contributed by atoms with Crippen molar-refractivity contribution in [2.75, 3.05) is 31.6 Å². The topological polar surface area (TPSA) is 97.2 Å². The lowest BCUT2D eigenvalue weighted by Crippen LogP contribution is -2.42. The van der Waals surface area contributed by atoms with E-state index >= 15 is 0 Å². The van der Waals surface area contributed by atoms with Crippen LogP contribution in [0, 0.1) is 11.8 Å². The number of sulfone groups is 1. The van der Waals surface area contributed by atoms with Crippen LogP contribution in [0.2, 0.25) is 0 Å². The number of aromatic nitrogens is 3. The molecule has 1 aromatic heterocycles. The molecule has 0 aliphatic carbocycles. The molecule has 2 heterocycles. The number of nitrogens with zero attached hydrogens (tertiary/aromatic N) is 4. The smallest absolute Gasteiger partial charge is 0.222 e. The van der Waals surface area contributed by atoms with Crippen LogP contribution in [-0.2, 0) is 21.2 Å². The summed E-state index contributed by atoms with van der Waals surface area (Å²) in [4.78, 5) is 18.2. The first-order valence-electron chi connectivity index (χ1n) is 8.26. The molecule has 0 aromatic carbocycles. The summed E-state index contributed by atoms with van der Waals surface area (Å²) in [6, 6.07) is 0.0628. The maximum atomic E-state index is 12.2. The Kier molecular flexibility index (Phi) is 6.34. The molecule has 1 saturated heterocycles. The van der Waals surface area contributed by atoms with Crippen LogP contribution in [0.5, 0.6) is 0 Å². The second-order valence-corrected chi connectivity index (χ2v) is 9.14. The second kappa shape index (κ2) is 8.06. The van der Waals surface area contributed by atoms with Gasteiger partial charge < -0.3 is 5.32 Å². The lowest BCUT2D eigenvalue weighted by molar-refractivity contribution is -0.122. The first kappa shape index (κ1) is 18.9. The number of hydrogen-bond acceptors (Lipinski definition) is 6. The molecule has 1 aliphatic rings. The molecule has 0 spiro atoms. The number of nitrogens with one attached hydrogen (secondary N) is 1. The van der Waals surface area contributed by atoms with Crippen LogP contribution in [0.3, 0.4) is 0 Å². The van der Waals surface area contributed by atoms with E-state index in [1.54, 1.807) is 11.0 Å². The van der Waals surface area contributed by atoms with E-state index in [0.717, 1.165) is 6.54 Å². The maximum Gasteiger partial charge on any atom is 0.222 e. The Morgan fingerprint density at radius 3 is 2.67 bits per heavy atom. The highest BCUT2D eigenvalue weighted by Crippen LogP contribution is 2.24. The summed E-state index contributed by atoms with van der Waals surface area (Å²) in [5, 5.41) is 7.09.